The van der Waals surface area contributed by atoms with Crippen LogP contribution < -0.4 is 19.5 Å². The molecule has 4 aliphatic heterocycles. The van der Waals surface area contributed by atoms with Crippen LogP contribution in [0.1, 0.15) is 51.7 Å². The standard InChI is InChI=1S/C38H31FN2O9S2/c1-2-3-12-47-21-10-11-25-28(14-21)49-29-17-30(27(39)16-26(29)38(25)24-9-5-4-8-23(24)37(46)50-38)48-18-20-19-52-35-32(34(43)41(35)33(20)36(44)45)40-31(42)15-22-7-6-13-51-22/h4-11,13-14,16-17,32,35H,2-3,12,15,18-19H2,1H3,(H,40,42)(H,44,45). The van der Waals surface area contributed by atoms with Gasteiger partial charge in [0.05, 0.1) is 24.2 Å². The van der Waals surface area contributed by atoms with E-state index in [9.17, 15) is 24.3 Å². The molecule has 14 heteroatoms. The Morgan fingerprint density at radius 3 is 2.65 bits per heavy atom. The molecule has 0 radical (unpaired) electrons. The number of carbonyl (C=O) groups excluding carboxylic acids is 3. The molecule has 2 N–H and O–H groups in total. The minimum atomic E-state index is -1.51. The van der Waals surface area contributed by atoms with E-state index >= 15 is 4.39 Å². The fraction of sp³-hybridized carbons (Fsp3) is 0.263. The predicted molar refractivity (Wildman–Crippen MR) is 188 cm³/mol. The summed E-state index contributed by atoms with van der Waals surface area (Å²) in [6, 6.07) is 17.5. The lowest BCUT2D eigenvalue weighted by Crippen LogP contribution is -2.70. The molecule has 4 aliphatic rings. The number of hydrogen-bond donors (Lipinski definition) is 2. The molecule has 0 bridgehead atoms. The number of nitrogens with zero attached hydrogens (tertiary/aromatic N) is 1. The number of thiophene rings is 1. The number of aliphatic carboxylic acids is 1. The molecule has 2 amide bonds. The second kappa shape index (κ2) is 13.3. The summed E-state index contributed by atoms with van der Waals surface area (Å²) in [6.07, 6.45) is 1.92. The number of benzene rings is 3. The van der Waals surface area contributed by atoms with Gasteiger partial charge in [0.1, 0.15) is 41.0 Å². The minimum absolute atomic E-state index is 0.116. The highest BCUT2D eigenvalue weighted by molar-refractivity contribution is 8.00. The third-order valence-electron chi connectivity index (χ3n) is 9.39. The molecule has 3 unspecified atom stereocenters. The first-order valence-electron chi connectivity index (χ1n) is 16.7. The van der Waals surface area contributed by atoms with Gasteiger partial charge >= 0.3 is 11.9 Å². The summed E-state index contributed by atoms with van der Waals surface area (Å²) in [4.78, 5) is 53.4. The van der Waals surface area contributed by atoms with Gasteiger partial charge in [-0.1, -0.05) is 37.6 Å². The van der Waals surface area contributed by atoms with Crippen molar-refractivity contribution in [3.05, 3.63) is 116 Å². The molecule has 4 aromatic rings. The molecule has 3 atom stereocenters. The van der Waals surface area contributed by atoms with Gasteiger partial charge in [0, 0.05) is 39.5 Å². The summed E-state index contributed by atoms with van der Waals surface area (Å²) in [5.41, 5.74) is 0.116. The van der Waals surface area contributed by atoms with Gasteiger partial charge in [0.15, 0.2) is 17.2 Å². The zero-order chi connectivity index (χ0) is 36.1. The molecule has 0 aliphatic carbocycles. The van der Waals surface area contributed by atoms with Crippen molar-refractivity contribution in [2.45, 2.75) is 43.2 Å². The quantitative estimate of drug-likeness (QED) is 0.107. The Labute approximate surface area is 305 Å². The van der Waals surface area contributed by atoms with Crippen molar-refractivity contribution in [1.29, 1.82) is 0 Å². The van der Waals surface area contributed by atoms with Crippen LogP contribution in [0.3, 0.4) is 0 Å². The molecule has 1 spiro atoms. The van der Waals surface area contributed by atoms with Gasteiger partial charge in [0.2, 0.25) is 5.91 Å². The lowest BCUT2D eigenvalue weighted by molar-refractivity contribution is -0.150. The van der Waals surface area contributed by atoms with Crippen molar-refractivity contribution < 1.29 is 47.6 Å². The van der Waals surface area contributed by atoms with Crippen molar-refractivity contribution in [2.24, 2.45) is 0 Å². The summed E-state index contributed by atoms with van der Waals surface area (Å²) < 4.78 is 40.3. The van der Waals surface area contributed by atoms with E-state index in [0.717, 1.165) is 22.6 Å². The van der Waals surface area contributed by atoms with E-state index in [-0.39, 0.29) is 53.0 Å². The fourth-order valence-corrected chi connectivity index (χ4v) is 8.97. The summed E-state index contributed by atoms with van der Waals surface area (Å²) in [7, 11) is 0. The first-order chi connectivity index (χ1) is 25.2. The maximum absolute atomic E-state index is 16.0. The van der Waals surface area contributed by atoms with Crippen LogP contribution in [0.4, 0.5) is 4.39 Å². The van der Waals surface area contributed by atoms with Gasteiger partial charge in [-0.25, -0.2) is 14.0 Å². The van der Waals surface area contributed by atoms with Crippen LogP contribution in [0.25, 0.3) is 0 Å². The van der Waals surface area contributed by atoms with Crippen LogP contribution in [0, 0.1) is 5.82 Å². The highest BCUT2D eigenvalue weighted by atomic mass is 32.2. The fourth-order valence-electron chi connectivity index (χ4n) is 6.94. The second-order valence-corrected chi connectivity index (χ2v) is 14.8. The number of β-lactam (4-membered cyclic amide) rings is 1. The molecular weight excluding hydrogens is 712 g/mol. The van der Waals surface area contributed by atoms with E-state index in [1.54, 1.807) is 42.5 Å². The summed E-state index contributed by atoms with van der Waals surface area (Å²) in [5.74, 6) is -2.58. The predicted octanol–water partition coefficient (Wildman–Crippen LogP) is 5.99. The Hall–Kier alpha value is -5.34. The second-order valence-electron chi connectivity index (χ2n) is 12.6. The highest BCUT2D eigenvalue weighted by Gasteiger charge is 2.55. The first-order valence-corrected chi connectivity index (χ1v) is 18.6. The van der Waals surface area contributed by atoms with Crippen LogP contribution in [0.15, 0.2) is 83.4 Å². The number of nitrogens with one attached hydrogen (secondary N) is 1. The summed E-state index contributed by atoms with van der Waals surface area (Å²) >= 11 is 2.71. The van der Waals surface area contributed by atoms with Crippen LogP contribution in [-0.4, -0.2) is 64.1 Å². The van der Waals surface area contributed by atoms with Crippen molar-refractivity contribution in [3.63, 3.8) is 0 Å². The number of carboxylic acid groups (broad SMARTS) is 1. The molecule has 8 rings (SSSR count). The lowest BCUT2D eigenvalue weighted by Gasteiger charge is -2.49. The van der Waals surface area contributed by atoms with E-state index in [0.29, 0.717) is 34.8 Å². The smallest absolute Gasteiger partial charge is 0.352 e. The number of amides is 2. The molecular formula is C38H31FN2O9S2. The SMILES string of the molecule is CCCCOc1ccc2c(c1)Oc1cc(OCC3=C(C(=O)O)N4C(=O)C(NC(=O)Cc5cccs5)C4SC3)c(F)cc1C21OC(=O)c2ccccc21. The number of halogens is 1. The molecule has 11 nitrogen and oxygen atoms in total. The monoisotopic (exact) mass is 742 g/mol. The van der Waals surface area contributed by atoms with E-state index in [1.807, 2.05) is 17.5 Å². The third kappa shape index (κ3) is 5.57. The number of esters is 1. The van der Waals surface area contributed by atoms with Crippen molar-refractivity contribution in [1.82, 2.24) is 10.2 Å². The zero-order valence-corrected chi connectivity index (χ0v) is 29.3. The maximum atomic E-state index is 16.0. The van der Waals surface area contributed by atoms with E-state index in [4.69, 9.17) is 18.9 Å². The summed E-state index contributed by atoms with van der Waals surface area (Å²) in [6.45, 7) is 2.22. The average molecular weight is 743 g/mol. The molecule has 1 aromatic heterocycles. The third-order valence-corrected chi connectivity index (χ3v) is 11.6. The minimum Gasteiger partial charge on any atom is -0.493 e. The number of ether oxygens (including phenoxy) is 4. The largest absolute Gasteiger partial charge is 0.493 e. The number of carboxylic acids is 1. The average Bonchev–Trinajstić information content (AvgIpc) is 3.76. The Kier molecular flexibility index (Phi) is 8.66. The van der Waals surface area contributed by atoms with Crippen LogP contribution in [0.2, 0.25) is 0 Å². The Morgan fingerprint density at radius 2 is 1.87 bits per heavy atom. The molecule has 266 valence electrons. The van der Waals surface area contributed by atoms with E-state index in [1.165, 1.54) is 35.2 Å². The maximum Gasteiger partial charge on any atom is 0.352 e. The number of hydrogen-bond acceptors (Lipinski definition) is 10. The zero-order valence-electron chi connectivity index (χ0n) is 27.7. The number of thioether (sulfide) groups is 1. The molecule has 1 fully saturated rings. The number of carbonyl (C=O) groups is 4. The van der Waals surface area contributed by atoms with Crippen LogP contribution >= 0.6 is 23.1 Å². The molecule has 52 heavy (non-hydrogen) atoms. The topological polar surface area (TPSA) is 141 Å². The van der Waals surface area contributed by atoms with Gasteiger partial charge < -0.3 is 29.4 Å². The summed E-state index contributed by atoms with van der Waals surface area (Å²) in [5, 5.41) is 14.1. The molecule has 1 saturated heterocycles. The Balaban J connectivity index is 1.08. The molecule has 3 aromatic carbocycles. The molecule has 5 heterocycles. The van der Waals surface area contributed by atoms with Gasteiger partial charge in [-0.2, -0.15) is 0 Å². The van der Waals surface area contributed by atoms with E-state index in [2.05, 4.69) is 12.2 Å². The van der Waals surface area contributed by atoms with Gasteiger partial charge in [0.25, 0.3) is 5.91 Å². The van der Waals surface area contributed by atoms with Crippen molar-refractivity contribution in [3.8, 4) is 23.0 Å². The normalized spacial score (nSPS) is 20.9. The highest BCUT2D eigenvalue weighted by Crippen LogP contribution is 2.57. The number of unbranched alkanes of at least 4 members (excludes halogenated alkanes) is 1. The molecule has 0 saturated carbocycles. The van der Waals surface area contributed by atoms with Crippen molar-refractivity contribution in [2.75, 3.05) is 19.0 Å². The van der Waals surface area contributed by atoms with Gasteiger partial charge in [-0.05, 0) is 42.1 Å². The first kappa shape index (κ1) is 33.8. The lowest BCUT2D eigenvalue weighted by atomic mass is 9.77. The Morgan fingerprint density at radius 1 is 1.04 bits per heavy atom. The Bertz CT molecular complexity index is 2170. The van der Waals surface area contributed by atoms with Crippen LogP contribution in [0.5, 0.6) is 23.0 Å². The van der Waals surface area contributed by atoms with Gasteiger partial charge in [-0.3, -0.25) is 14.5 Å². The number of fused-ring (bicyclic) bond motifs is 7. The van der Waals surface area contributed by atoms with Crippen LogP contribution in [-0.2, 0) is 31.1 Å². The number of rotatable bonds is 11. The van der Waals surface area contributed by atoms with Gasteiger partial charge in [-0.15, -0.1) is 23.1 Å². The van der Waals surface area contributed by atoms with Crippen molar-refractivity contribution >= 4 is 46.9 Å². The van der Waals surface area contributed by atoms with E-state index < -0.39 is 40.7 Å².